The fraction of sp³-hybridized carbons (Fsp3) is 0.562. The number of amides is 1. The van der Waals surface area contributed by atoms with Crippen LogP contribution in [0.15, 0.2) is 29.2 Å². The molecule has 1 aromatic carbocycles. The quantitative estimate of drug-likeness (QED) is 0.573. The number of likely N-dealkylation sites (tertiary alicyclic amines) is 1. The van der Waals surface area contributed by atoms with Crippen molar-refractivity contribution in [2.75, 3.05) is 26.2 Å². The first-order valence-electron chi connectivity index (χ1n) is 8.58. The number of piperidine rings is 1. The van der Waals surface area contributed by atoms with E-state index < -0.39 is 14.9 Å². The van der Waals surface area contributed by atoms with E-state index >= 15 is 0 Å². The lowest BCUT2D eigenvalue weighted by atomic mass is 9.98. The average molecular weight is 419 g/mol. The minimum absolute atomic E-state index is 0. The zero-order valence-electron chi connectivity index (χ0n) is 14.7. The van der Waals surface area contributed by atoms with Crippen LogP contribution in [0, 0.1) is 16.0 Å². The Bertz CT molecular complexity index is 802. The van der Waals surface area contributed by atoms with E-state index in [2.05, 4.69) is 0 Å². The van der Waals surface area contributed by atoms with Crippen LogP contribution in [0.4, 0.5) is 5.69 Å². The van der Waals surface area contributed by atoms with Crippen molar-refractivity contribution in [2.45, 2.75) is 30.2 Å². The molecule has 2 aliphatic heterocycles. The van der Waals surface area contributed by atoms with Crippen LogP contribution in [-0.2, 0) is 14.8 Å². The summed E-state index contributed by atoms with van der Waals surface area (Å²) >= 11 is 0. The maximum Gasteiger partial charge on any atom is 0.269 e. The summed E-state index contributed by atoms with van der Waals surface area (Å²) < 4.78 is 26.9. The highest BCUT2D eigenvalue weighted by Gasteiger charge is 2.36. The van der Waals surface area contributed by atoms with E-state index in [1.165, 1.54) is 28.6 Å². The maximum atomic E-state index is 12.8. The molecule has 1 unspecified atom stereocenters. The van der Waals surface area contributed by atoms with Crippen LogP contribution < -0.4 is 5.73 Å². The number of carbonyl (C=O) groups excluding carboxylic acids is 1. The second kappa shape index (κ2) is 8.51. The third-order valence-corrected chi connectivity index (χ3v) is 6.83. The van der Waals surface area contributed by atoms with Gasteiger partial charge in [0.2, 0.25) is 15.9 Å². The summed E-state index contributed by atoms with van der Waals surface area (Å²) in [6, 6.07) is 4.80. The first kappa shape index (κ1) is 21.5. The van der Waals surface area contributed by atoms with Crippen LogP contribution in [0.1, 0.15) is 19.3 Å². The lowest BCUT2D eigenvalue weighted by Gasteiger charge is -2.33. The van der Waals surface area contributed by atoms with Gasteiger partial charge in [0.15, 0.2) is 0 Å². The monoisotopic (exact) mass is 418 g/mol. The predicted octanol–water partition coefficient (Wildman–Crippen LogP) is 0.977. The summed E-state index contributed by atoms with van der Waals surface area (Å²) in [4.78, 5) is 24.5. The number of hydrogen-bond acceptors (Lipinski definition) is 6. The van der Waals surface area contributed by atoms with Gasteiger partial charge in [-0.2, -0.15) is 4.31 Å². The molecule has 1 amide bonds. The number of sulfonamides is 1. The van der Waals surface area contributed by atoms with Gasteiger partial charge in [-0.15, -0.1) is 12.4 Å². The number of rotatable bonds is 4. The van der Waals surface area contributed by atoms with Gasteiger partial charge in [0.1, 0.15) is 0 Å². The molecule has 11 heteroatoms. The number of nitro benzene ring substituents is 1. The van der Waals surface area contributed by atoms with Crippen LogP contribution in [0.2, 0.25) is 0 Å². The molecule has 0 aromatic heterocycles. The Morgan fingerprint density at radius 2 is 1.81 bits per heavy atom. The number of hydrogen-bond donors (Lipinski definition) is 1. The molecule has 2 atom stereocenters. The number of nitrogens with two attached hydrogens (primary N) is 1. The van der Waals surface area contributed by atoms with Gasteiger partial charge in [0, 0.05) is 44.4 Å². The lowest BCUT2D eigenvalue weighted by Crippen LogP contribution is -2.46. The Morgan fingerprint density at radius 3 is 2.37 bits per heavy atom. The summed E-state index contributed by atoms with van der Waals surface area (Å²) in [6.45, 7) is 1.60. The minimum atomic E-state index is -3.79. The van der Waals surface area contributed by atoms with Crippen LogP contribution in [0.5, 0.6) is 0 Å². The highest BCUT2D eigenvalue weighted by atomic mass is 35.5. The number of halogens is 1. The molecule has 1 aromatic rings. The fourth-order valence-corrected chi connectivity index (χ4v) is 5.02. The topological polar surface area (TPSA) is 127 Å². The Morgan fingerprint density at radius 1 is 1.15 bits per heavy atom. The summed E-state index contributed by atoms with van der Waals surface area (Å²) in [6.07, 6.45) is 2.02. The Labute approximate surface area is 164 Å². The van der Waals surface area contributed by atoms with Crippen molar-refractivity contribution in [1.29, 1.82) is 0 Å². The summed E-state index contributed by atoms with van der Waals surface area (Å²) in [5.41, 5.74) is 5.68. The molecule has 2 fully saturated rings. The molecule has 3 rings (SSSR count). The van der Waals surface area contributed by atoms with Crippen molar-refractivity contribution >= 4 is 34.0 Å². The second-order valence-corrected chi connectivity index (χ2v) is 8.72. The van der Waals surface area contributed by atoms with Crippen molar-refractivity contribution in [3.63, 3.8) is 0 Å². The summed E-state index contributed by atoms with van der Waals surface area (Å²) in [5.74, 6) is -0.413. The van der Waals surface area contributed by atoms with Crippen LogP contribution in [0.25, 0.3) is 0 Å². The van der Waals surface area contributed by atoms with Crippen molar-refractivity contribution in [2.24, 2.45) is 11.7 Å². The third-order valence-electron chi connectivity index (χ3n) is 4.96. The Hall–Kier alpha value is -1.75. The normalized spacial score (nSPS) is 23.7. The van der Waals surface area contributed by atoms with Gasteiger partial charge in [-0.1, -0.05) is 0 Å². The molecular formula is C16H23ClN4O5S. The van der Waals surface area contributed by atoms with Gasteiger partial charge in [0.05, 0.1) is 15.7 Å². The van der Waals surface area contributed by atoms with Crippen LogP contribution >= 0.6 is 12.4 Å². The van der Waals surface area contributed by atoms with Crippen molar-refractivity contribution in [3.05, 3.63) is 34.4 Å². The predicted molar refractivity (Wildman–Crippen MR) is 101 cm³/mol. The van der Waals surface area contributed by atoms with Gasteiger partial charge in [-0.25, -0.2) is 8.42 Å². The minimum Gasteiger partial charge on any atom is -0.341 e. The van der Waals surface area contributed by atoms with Gasteiger partial charge in [-0.3, -0.25) is 14.9 Å². The standard InChI is InChI=1S/C16H22N4O5S.ClH/c17-13-7-9-18(11-13)16(21)12-2-1-8-19(10-12)26(24,25)15-5-3-14(4-6-15)20(22)23;/h3-6,12-13H,1-2,7-11,17H2;1H/t12?,13-;/m1./s1. The molecule has 0 bridgehead atoms. The molecule has 2 aliphatic rings. The van der Waals surface area contributed by atoms with E-state index in [9.17, 15) is 23.3 Å². The lowest BCUT2D eigenvalue weighted by molar-refractivity contribution is -0.384. The molecule has 2 heterocycles. The van der Waals surface area contributed by atoms with Crippen molar-refractivity contribution in [1.82, 2.24) is 9.21 Å². The number of nitrogens with zero attached hydrogens (tertiary/aromatic N) is 3. The van der Waals surface area contributed by atoms with Gasteiger partial charge >= 0.3 is 0 Å². The number of carbonyl (C=O) groups is 1. The summed E-state index contributed by atoms with van der Waals surface area (Å²) in [7, 11) is -3.79. The molecule has 9 nitrogen and oxygen atoms in total. The van der Waals surface area contributed by atoms with Gasteiger partial charge in [-0.05, 0) is 31.4 Å². The molecule has 2 saturated heterocycles. The first-order chi connectivity index (χ1) is 12.3. The molecule has 0 spiro atoms. The SMILES string of the molecule is Cl.N[C@@H]1CCN(C(=O)C2CCCN(S(=O)(=O)c3ccc([N+](=O)[O-])cc3)C2)C1. The molecule has 27 heavy (non-hydrogen) atoms. The number of nitro groups is 1. The third kappa shape index (κ3) is 4.57. The zero-order chi connectivity index (χ0) is 18.9. The molecular weight excluding hydrogens is 396 g/mol. The van der Waals surface area contributed by atoms with E-state index in [1.54, 1.807) is 4.90 Å². The maximum absolute atomic E-state index is 12.8. The molecule has 0 radical (unpaired) electrons. The van der Waals surface area contributed by atoms with Crippen molar-refractivity contribution in [3.8, 4) is 0 Å². The fourth-order valence-electron chi connectivity index (χ4n) is 3.50. The molecule has 0 aliphatic carbocycles. The summed E-state index contributed by atoms with van der Waals surface area (Å²) in [5, 5.41) is 10.7. The average Bonchev–Trinajstić information content (AvgIpc) is 3.07. The first-order valence-corrected chi connectivity index (χ1v) is 10.0. The molecule has 0 saturated carbocycles. The Kier molecular flexibility index (Phi) is 6.79. The number of benzene rings is 1. The second-order valence-electron chi connectivity index (χ2n) is 6.79. The van der Waals surface area contributed by atoms with E-state index in [4.69, 9.17) is 5.73 Å². The molecule has 150 valence electrons. The van der Waals surface area contributed by atoms with E-state index in [0.29, 0.717) is 32.5 Å². The molecule has 2 N–H and O–H groups in total. The highest BCUT2D eigenvalue weighted by Crippen LogP contribution is 2.27. The van der Waals surface area contributed by atoms with E-state index in [-0.39, 0.29) is 47.4 Å². The van der Waals surface area contributed by atoms with Crippen LogP contribution in [-0.4, -0.2) is 60.7 Å². The van der Waals surface area contributed by atoms with E-state index in [1.807, 2.05) is 0 Å². The van der Waals surface area contributed by atoms with Gasteiger partial charge < -0.3 is 10.6 Å². The van der Waals surface area contributed by atoms with Crippen molar-refractivity contribution < 1.29 is 18.1 Å². The number of non-ortho nitro benzene ring substituents is 1. The Balaban J connectivity index is 0.00000261. The highest BCUT2D eigenvalue weighted by molar-refractivity contribution is 7.89. The van der Waals surface area contributed by atoms with Crippen LogP contribution in [0.3, 0.4) is 0 Å². The zero-order valence-corrected chi connectivity index (χ0v) is 16.3. The van der Waals surface area contributed by atoms with Gasteiger partial charge in [0.25, 0.3) is 5.69 Å². The largest absolute Gasteiger partial charge is 0.341 e. The van der Waals surface area contributed by atoms with E-state index in [0.717, 1.165) is 6.42 Å². The smallest absolute Gasteiger partial charge is 0.269 e.